The molecule has 9 heteroatoms. The molecule has 1 aliphatic rings. The van der Waals surface area contributed by atoms with Crippen molar-refractivity contribution >= 4 is 61.0 Å². The van der Waals surface area contributed by atoms with E-state index < -0.39 is 10.8 Å². The molecule has 1 amide bonds. The van der Waals surface area contributed by atoms with E-state index in [9.17, 15) is 20.2 Å². The first kappa shape index (κ1) is 17.9. The molecule has 0 bridgehead atoms. The van der Waals surface area contributed by atoms with Gasteiger partial charge in [-0.3, -0.25) is 14.9 Å². The minimum atomic E-state index is -0.488. The van der Waals surface area contributed by atoms with E-state index in [2.05, 4.69) is 11.4 Å². The van der Waals surface area contributed by atoms with Gasteiger partial charge in [0.1, 0.15) is 20.6 Å². The van der Waals surface area contributed by atoms with E-state index in [0.717, 1.165) is 47.5 Å². The number of nitrogens with one attached hydrogen (secondary N) is 1. The lowest BCUT2D eigenvalue weighted by molar-refractivity contribution is -0.382. The number of rotatable bonds is 3. The zero-order valence-electron chi connectivity index (χ0n) is 13.9. The summed E-state index contributed by atoms with van der Waals surface area (Å²) in [6.45, 7) is 0. The van der Waals surface area contributed by atoms with Crippen LogP contribution in [-0.2, 0) is 12.8 Å². The fourth-order valence-electron chi connectivity index (χ4n) is 3.30. The number of hydrogen-bond donors (Lipinski definition) is 1. The lowest BCUT2D eigenvalue weighted by atomic mass is 9.96. The molecule has 2 aromatic heterocycles. The number of non-ortho nitro benzene ring substituents is 1. The number of carbonyl (C=O) groups excluding carboxylic acids is 1. The number of thiophene rings is 2. The molecule has 1 aliphatic carbocycles. The van der Waals surface area contributed by atoms with E-state index >= 15 is 0 Å². The molecule has 1 aromatic carbocycles. The van der Waals surface area contributed by atoms with Crippen LogP contribution < -0.4 is 5.32 Å². The number of halogens is 1. The average Bonchev–Trinajstić information content (AvgIpc) is 3.18. The average molecular weight is 418 g/mol. The van der Waals surface area contributed by atoms with Crippen molar-refractivity contribution in [2.45, 2.75) is 25.7 Å². The van der Waals surface area contributed by atoms with Crippen molar-refractivity contribution in [2.24, 2.45) is 0 Å². The van der Waals surface area contributed by atoms with Gasteiger partial charge in [0, 0.05) is 16.3 Å². The van der Waals surface area contributed by atoms with Gasteiger partial charge in [0.2, 0.25) is 0 Å². The summed E-state index contributed by atoms with van der Waals surface area (Å²) in [4.78, 5) is 24.9. The van der Waals surface area contributed by atoms with Crippen molar-refractivity contribution in [3.05, 3.63) is 54.2 Å². The van der Waals surface area contributed by atoms with Crippen LogP contribution in [0, 0.1) is 21.4 Å². The van der Waals surface area contributed by atoms with Gasteiger partial charge >= 0.3 is 0 Å². The number of nitrogens with zero attached hydrogens (tertiary/aromatic N) is 2. The number of nitriles is 1. The van der Waals surface area contributed by atoms with E-state index in [4.69, 9.17) is 11.6 Å². The number of anilines is 1. The molecule has 0 fully saturated rings. The van der Waals surface area contributed by atoms with E-state index in [1.165, 1.54) is 17.4 Å². The Morgan fingerprint density at radius 2 is 2.07 bits per heavy atom. The second-order valence-electron chi connectivity index (χ2n) is 6.14. The first-order chi connectivity index (χ1) is 13.0. The fraction of sp³-hybridized carbons (Fsp3) is 0.222. The number of aryl methyl sites for hydroxylation is 1. The van der Waals surface area contributed by atoms with Crippen LogP contribution in [0.15, 0.2) is 18.2 Å². The molecule has 0 saturated heterocycles. The first-order valence-electron chi connectivity index (χ1n) is 8.22. The molecule has 2 heterocycles. The van der Waals surface area contributed by atoms with E-state index in [-0.39, 0.29) is 15.6 Å². The number of amides is 1. The molecule has 6 nitrogen and oxygen atoms in total. The summed E-state index contributed by atoms with van der Waals surface area (Å²) in [6.07, 6.45) is 3.88. The maximum atomic E-state index is 12.8. The Hall–Kier alpha value is -2.47. The van der Waals surface area contributed by atoms with Crippen molar-refractivity contribution in [3.63, 3.8) is 0 Å². The molecule has 1 N–H and O–H groups in total. The summed E-state index contributed by atoms with van der Waals surface area (Å²) in [5.74, 6) is -0.453. The Morgan fingerprint density at radius 1 is 1.30 bits per heavy atom. The highest BCUT2D eigenvalue weighted by Crippen LogP contribution is 2.42. The molecule has 0 radical (unpaired) electrons. The molecule has 0 atom stereocenters. The minimum absolute atomic E-state index is 0.0808. The zero-order chi connectivity index (χ0) is 19.1. The summed E-state index contributed by atoms with van der Waals surface area (Å²) in [5.41, 5.74) is 1.47. The molecule has 27 heavy (non-hydrogen) atoms. The predicted molar refractivity (Wildman–Crippen MR) is 107 cm³/mol. The molecule has 0 spiro atoms. The standard InChI is InChI=1S/C18H12ClN3O3S2/c19-14-10-5-3-6-12(22(24)25)15(10)27-16(14)17(23)21-18-11(8-20)9-4-1-2-7-13(9)26-18/h3,5-6H,1-2,4,7H2,(H,21,23). The Labute approximate surface area is 167 Å². The quantitative estimate of drug-likeness (QED) is 0.447. The van der Waals surface area contributed by atoms with Crippen LogP contribution >= 0.6 is 34.3 Å². The predicted octanol–water partition coefficient (Wildman–Crippen LogP) is 5.53. The highest BCUT2D eigenvalue weighted by molar-refractivity contribution is 7.22. The normalized spacial score (nSPS) is 13.2. The molecule has 4 rings (SSSR count). The lowest BCUT2D eigenvalue weighted by Gasteiger charge is -2.09. The largest absolute Gasteiger partial charge is 0.312 e. The first-order valence-corrected chi connectivity index (χ1v) is 10.2. The van der Waals surface area contributed by atoms with Crippen LogP contribution in [0.5, 0.6) is 0 Å². The van der Waals surface area contributed by atoms with Gasteiger partial charge in [-0.05, 0) is 31.2 Å². The van der Waals surface area contributed by atoms with E-state index in [1.807, 2.05) is 0 Å². The van der Waals surface area contributed by atoms with Gasteiger partial charge in [0.05, 0.1) is 15.5 Å². The topological polar surface area (TPSA) is 96.0 Å². The number of carbonyl (C=O) groups is 1. The van der Waals surface area contributed by atoms with Crippen molar-refractivity contribution in [1.82, 2.24) is 0 Å². The maximum absolute atomic E-state index is 12.8. The summed E-state index contributed by atoms with van der Waals surface area (Å²) >= 11 is 8.75. The summed E-state index contributed by atoms with van der Waals surface area (Å²) < 4.78 is 0.364. The summed E-state index contributed by atoms with van der Waals surface area (Å²) in [7, 11) is 0. The van der Waals surface area contributed by atoms with Crippen molar-refractivity contribution < 1.29 is 9.72 Å². The number of nitro benzene ring substituents is 1. The SMILES string of the molecule is N#Cc1c(NC(=O)c2sc3c([N+](=O)[O-])cccc3c2Cl)sc2c1CCCC2. The third kappa shape index (κ3) is 2.98. The van der Waals surface area contributed by atoms with Crippen molar-refractivity contribution in [3.8, 4) is 6.07 Å². The highest BCUT2D eigenvalue weighted by Gasteiger charge is 2.26. The number of benzene rings is 1. The Kier molecular flexibility index (Phi) is 4.60. The van der Waals surface area contributed by atoms with Crippen LogP contribution in [0.25, 0.3) is 10.1 Å². The summed E-state index contributed by atoms with van der Waals surface area (Å²) in [5, 5.41) is 24.7. The summed E-state index contributed by atoms with van der Waals surface area (Å²) in [6, 6.07) is 6.79. The Balaban J connectivity index is 1.74. The lowest BCUT2D eigenvalue weighted by Crippen LogP contribution is -2.10. The van der Waals surface area contributed by atoms with Gasteiger partial charge in [0.15, 0.2) is 0 Å². The van der Waals surface area contributed by atoms with Gasteiger partial charge in [-0.25, -0.2) is 0 Å². The molecule has 0 unspecified atom stereocenters. The molecule has 0 saturated carbocycles. The number of hydrogen-bond acceptors (Lipinski definition) is 6. The zero-order valence-corrected chi connectivity index (χ0v) is 16.3. The van der Waals surface area contributed by atoms with Crippen LogP contribution in [0.3, 0.4) is 0 Å². The van der Waals surface area contributed by atoms with Gasteiger partial charge in [0.25, 0.3) is 11.6 Å². The molecule has 3 aromatic rings. The van der Waals surface area contributed by atoms with Crippen molar-refractivity contribution in [1.29, 1.82) is 5.26 Å². The minimum Gasteiger partial charge on any atom is -0.312 e. The molecular weight excluding hydrogens is 406 g/mol. The number of fused-ring (bicyclic) bond motifs is 2. The monoisotopic (exact) mass is 417 g/mol. The second kappa shape index (κ2) is 6.93. The van der Waals surface area contributed by atoms with Gasteiger partial charge in [-0.1, -0.05) is 23.7 Å². The molecular formula is C18H12ClN3O3S2. The second-order valence-corrected chi connectivity index (χ2v) is 8.64. The number of nitro groups is 1. The van der Waals surface area contributed by atoms with Crippen LogP contribution in [0.1, 0.15) is 38.5 Å². The van der Waals surface area contributed by atoms with E-state index in [0.29, 0.717) is 20.7 Å². The van der Waals surface area contributed by atoms with Gasteiger partial charge in [-0.2, -0.15) is 5.26 Å². The highest BCUT2D eigenvalue weighted by atomic mass is 35.5. The fourth-order valence-corrected chi connectivity index (χ4v) is 6.02. The van der Waals surface area contributed by atoms with E-state index in [1.54, 1.807) is 12.1 Å². The van der Waals surface area contributed by atoms with Crippen LogP contribution in [0.2, 0.25) is 5.02 Å². The molecule has 0 aliphatic heterocycles. The third-order valence-electron chi connectivity index (χ3n) is 4.55. The molecule has 136 valence electrons. The van der Waals surface area contributed by atoms with Gasteiger partial charge in [-0.15, -0.1) is 22.7 Å². The maximum Gasteiger partial charge on any atom is 0.287 e. The van der Waals surface area contributed by atoms with Crippen LogP contribution in [0.4, 0.5) is 10.7 Å². The Morgan fingerprint density at radius 3 is 2.81 bits per heavy atom. The third-order valence-corrected chi connectivity index (χ3v) is 7.49. The Bertz CT molecular complexity index is 1140. The van der Waals surface area contributed by atoms with Gasteiger partial charge < -0.3 is 5.32 Å². The van der Waals surface area contributed by atoms with Crippen LogP contribution in [-0.4, -0.2) is 10.8 Å². The smallest absolute Gasteiger partial charge is 0.287 e. The van der Waals surface area contributed by atoms with Crippen molar-refractivity contribution in [2.75, 3.05) is 5.32 Å².